The fraction of sp³-hybridized carbons (Fsp3) is 0.632. The van der Waals surface area contributed by atoms with Crippen LogP contribution in [-0.4, -0.2) is 46.8 Å². The van der Waals surface area contributed by atoms with E-state index in [0.717, 1.165) is 42.6 Å². The van der Waals surface area contributed by atoms with Gasteiger partial charge < -0.3 is 9.64 Å². The van der Waals surface area contributed by atoms with Gasteiger partial charge in [0.15, 0.2) is 0 Å². The van der Waals surface area contributed by atoms with Crippen LogP contribution in [0.1, 0.15) is 44.6 Å². The van der Waals surface area contributed by atoms with E-state index < -0.39 is 5.92 Å². The summed E-state index contributed by atoms with van der Waals surface area (Å²) in [5, 5.41) is 5.69. The van der Waals surface area contributed by atoms with Crippen molar-refractivity contribution in [2.45, 2.75) is 56.5 Å². The molecule has 1 aromatic carbocycles. The first-order valence-corrected chi connectivity index (χ1v) is 9.19. The highest BCUT2D eigenvalue weighted by molar-refractivity contribution is 5.80. The van der Waals surface area contributed by atoms with Gasteiger partial charge in [-0.15, -0.1) is 0 Å². The fourth-order valence-corrected chi connectivity index (χ4v) is 4.33. The Labute approximate surface area is 146 Å². The summed E-state index contributed by atoms with van der Waals surface area (Å²) in [6.07, 6.45) is 5.29. The van der Waals surface area contributed by atoms with E-state index in [1.807, 2.05) is 18.3 Å². The molecular formula is C19H25F2N3O. The first-order valence-electron chi connectivity index (χ1n) is 9.19. The second kappa shape index (κ2) is 6.56. The highest BCUT2D eigenvalue weighted by Crippen LogP contribution is 2.37. The van der Waals surface area contributed by atoms with Crippen LogP contribution in [0, 0.1) is 0 Å². The average Bonchev–Trinajstić information content (AvgIpc) is 3.05. The van der Waals surface area contributed by atoms with Gasteiger partial charge in [0.2, 0.25) is 5.92 Å². The molecule has 6 heteroatoms. The topological polar surface area (TPSA) is 30.3 Å². The largest absolute Gasteiger partial charge is 0.497 e. The molecule has 0 spiro atoms. The van der Waals surface area contributed by atoms with Gasteiger partial charge in [0.25, 0.3) is 0 Å². The van der Waals surface area contributed by atoms with Crippen LogP contribution in [0.2, 0.25) is 0 Å². The molecule has 0 amide bonds. The van der Waals surface area contributed by atoms with E-state index in [4.69, 9.17) is 4.74 Å². The second-order valence-corrected chi connectivity index (χ2v) is 7.37. The molecule has 1 aromatic heterocycles. The van der Waals surface area contributed by atoms with Gasteiger partial charge >= 0.3 is 0 Å². The number of rotatable bonds is 3. The number of hydrogen-bond acceptors (Lipinski definition) is 3. The van der Waals surface area contributed by atoms with Crippen LogP contribution < -0.4 is 4.74 Å². The van der Waals surface area contributed by atoms with Crippen molar-refractivity contribution in [1.82, 2.24) is 14.7 Å². The van der Waals surface area contributed by atoms with Crippen LogP contribution in [0.25, 0.3) is 10.9 Å². The normalized spacial score (nSPS) is 23.2. The molecular weight excluding hydrogens is 324 g/mol. The maximum Gasteiger partial charge on any atom is 0.248 e. The molecule has 4 rings (SSSR count). The van der Waals surface area contributed by atoms with E-state index in [1.54, 1.807) is 7.11 Å². The van der Waals surface area contributed by atoms with E-state index in [2.05, 4.69) is 20.7 Å². The predicted molar refractivity (Wildman–Crippen MR) is 93.3 cm³/mol. The van der Waals surface area contributed by atoms with Gasteiger partial charge in [-0.3, -0.25) is 4.68 Å². The Morgan fingerprint density at radius 3 is 2.48 bits per heavy atom. The van der Waals surface area contributed by atoms with Gasteiger partial charge in [0, 0.05) is 37.4 Å². The number of likely N-dealkylation sites (tertiary alicyclic amines) is 1. The summed E-state index contributed by atoms with van der Waals surface area (Å²) >= 11 is 0. The molecule has 1 saturated carbocycles. The smallest absolute Gasteiger partial charge is 0.248 e. The van der Waals surface area contributed by atoms with Gasteiger partial charge in [-0.2, -0.15) is 5.10 Å². The Kier molecular flexibility index (Phi) is 4.40. The van der Waals surface area contributed by atoms with E-state index in [-0.39, 0.29) is 12.8 Å². The number of benzene rings is 1. The van der Waals surface area contributed by atoms with E-state index in [9.17, 15) is 8.78 Å². The first kappa shape index (κ1) is 16.8. The van der Waals surface area contributed by atoms with Gasteiger partial charge in [0.1, 0.15) is 5.75 Å². The Hall–Kier alpha value is -1.69. The first-order chi connectivity index (χ1) is 12.1. The minimum absolute atomic E-state index is 0.0449. The lowest BCUT2D eigenvalue weighted by molar-refractivity contribution is -0.0566. The summed E-state index contributed by atoms with van der Waals surface area (Å²) in [5.74, 6) is -1.60. The highest BCUT2D eigenvalue weighted by atomic mass is 19.3. The maximum atomic E-state index is 13.4. The predicted octanol–water partition coefficient (Wildman–Crippen LogP) is 4.26. The van der Waals surface area contributed by atoms with Gasteiger partial charge in [-0.25, -0.2) is 8.78 Å². The molecule has 2 fully saturated rings. The van der Waals surface area contributed by atoms with Crippen molar-refractivity contribution < 1.29 is 13.5 Å². The van der Waals surface area contributed by atoms with Crippen molar-refractivity contribution in [3.05, 3.63) is 24.4 Å². The van der Waals surface area contributed by atoms with Gasteiger partial charge in [0.05, 0.1) is 24.9 Å². The van der Waals surface area contributed by atoms with Crippen LogP contribution in [0.4, 0.5) is 8.78 Å². The number of nitrogens with zero attached hydrogens (tertiary/aromatic N) is 3. The van der Waals surface area contributed by atoms with Crippen molar-refractivity contribution in [2.75, 3.05) is 20.2 Å². The Morgan fingerprint density at radius 1 is 1.08 bits per heavy atom. The number of hydrogen-bond donors (Lipinski definition) is 0. The molecule has 0 bridgehead atoms. The Balaban J connectivity index is 1.41. The molecule has 1 aliphatic heterocycles. The third-order valence-corrected chi connectivity index (χ3v) is 5.85. The average molecular weight is 349 g/mol. The molecule has 0 N–H and O–H groups in total. The third kappa shape index (κ3) is 3.36. The van der Waals surface area contributed by atoms with E-state index >= 15 is 0 Å². The van der Waals surface area contributed by atoms with Crippen LogP contribution in [-0.2, 0) is 0 Å². The summed E-state index contributed by atoms with van der Waals surface area (Å²) in [4.78, 5) is 2.42. The zero-order valence-corrected chi connectivity index (χ0v) is 14.6. The SMILES string of the molecule is COc1ccc2c(cnn2C2CCN(C3CCC(F)(F)CC3)CC2)c1. The van der Waals surface area contributed by atoms with Crippen molar-refractivity contribution in [1.29, 1.82) is 0 Å². The lowest BCUT2D eigenvalue weighted by atomic mass is 9.89. The molecule has 25 heavy (non-hydrogen) atoms. The standard InChI is InChI=1S/C19H25F2N3O/c1-25-17-2-3-18-14(12-17)13-22-24(18)16-6-10-23(11-7-16)15-4-8-19(20,21)9-5-15/h2-3,12-13,15-16H,4-11H2,1H3. The number of halogens is 2. The van der Waals surface area contributed by atoms with E-state index in [0.29, 0.717) is 24.9 Å². The quantitative estimate of drug-likeness (QED) is 0.829. The molecule has 2 heterocycles. The number of ether oxygens (including phenoxy) is 1. The number of aromatic nitrogens is 2. The van der Waals surface area contributed by atoms with E-state index in [1.165, 1.54) is 0 Å². The lowest BCUT2D eigenvalue weighted by Crippen LogP contribution is -2.45. The van der Waals surface area contributed by atoms with Crippen molar-refractivity contribution >= 4 is 10.9 Å². The molecule has 4 nitrogen and oxygen atoms in total. The number of piperidine rings is 1. The maximum absolute atomic E-state index is 13.4. The lowest BCUT2D eigenvalue weighted by Gasteiger charge is -2.40. The second-order valence-electron chi connectivity index (χ2n) is 7.37. The molecule has 136 valence electrons. The highest BCUT2D eigenvalue weighted by Gasteiger charge is 2.37. The van der Waals surface area contributed by atoms with Crippen LogP contribution in [0.3, 0.4) is 0 Å². The summed E-state index contributed by atoms with van der Waals surface area (Å²) in [6.45, 7) is 1.94. The minimum atomic E-state index is -2.44. The van der Waals surface area contributed by atoms with Gasteiger partial charge in [-0.05, 0) is 43.9 Å². The number of fused-ring (bicyclic) bond motifs is 1. The number of methoxy groups -OCH3 is 1. The molecule has 1 aliphatic carbocycles. The summed E-state index contributed by atoms with van der Waals surface area (Å²) in [5.41, 5.74) is 1.14. The van der Waals surface area contributed by atoms with Crippen LogP contribution in [0.5, 0.6) is 5.75 Å². The Morgan fingerprint density at radius 2 is 1.80 bits per heavy atom. The minimum Gasteiger partial charge on any atom is -0.497 e. The van der Waals surface area contributed by atoms with Crippen LogP contribution in [0.15, 0.2) is 24.4 Å². The van der Waals surface area contributed by atoms with Crippen molar-refractivity contribution in [2.24, 2.45) is 0 Å². The molecule has 0 atom stereocenters. The molecule has 0 radical (unpaired) electrons. The van der Waals surface area contributed by atoms with Gasteiger partial charge in [-0.1, -0.05) is 0 Å². The van der Waals surface area contributed by atoms with Crippen molar-refractivity contribution in [3.8, 4) is 5.75 Å². The third-order valence-electron chi connectivity index (χ3n) is 5.85. The fourth-order valence-electron chi connectivity index (χ4n) is 4.33. The molecule has 2 aliphatic rings. The summed E-state index contributed by atoms with van der Waals surface area (Å²) < 4.78 is 34.1. The monoisotopic (exact) mass is 349 g/mol. The summed E-state index contributed by atoms with van der Waals surface area (Å²) in [6, 6.07) is 6.76. The Bertz CT molecular complexity index is 727. The zero-order chi connectivity index (χ0) is 17.4. The van der Waals surface area contributed by atoms with Crippen molar-refractivity contribution in [3.63, 3.8) is 0 Å². The zero-order valence-electron chi connectivity index (χ0n) is 14.6. The van der Waals surface area contributed by atoms with Crippen LogP contribution >= 0.6 is 0 Å². The molecule has 0 unspecified atom stereocenters. The number of alkyl halides is 2. The molecule has 2 aromatic rings. The molecule has 1 saturated heterocycles. The summed E-state index contributed by atoms with van der Waals surface area (Å²) in [7, 11) is 1.67.